The van der Waals surface area contributed by atoms with Gasteiger partial charge in [0, 0.05) is 5.92 Å². The van der Waals surface area contributed by atoms with Crippen LogP contribution < -0.4 is 0 Å². The Labute approximate surface area is 99.1 Å². The second kappa shape index (κ2) is 3.75. The van der Waals surface area contributed by atoms with E-state index in [-0.39, 0.29) is 0 Å². The van der Waals surface area contributed by atoms with Crippen molar-refractivity contribution in [2.75, 3.05) is 0 Å². The molecule has 2 radical (unpaired) electrons. The summed E-state index contributed by atoms with van der Waals surface area (Å²) in [6.45, 7) is 2.02. The molecule has 5 unspecified atom stereocenters. The van der Waals surface area contributed by atoms with Crippen LogP contribution in [0, 0.1) is 23.7 Å². The van der Waals surface area contributed by atoms with Gasteiger partial charge in [0.15, 0.2) is 5.78 Å². The summed E-state index contributed by atoms with van der Waals surface area (Å²) in [6.07, 6.45) is 7.89. The predicted molar refractivity (Wildman–Crippen MR) is 65.3 cm³/mol. The smallest absolute Gasteiger partial charge is 0.162 e. The summed E-state index contributed by atoms with van der Waals surface area (Å²) >= 11 is 0. The van der Waals surface area contributed by atoms with Gasteiger partial charge in [0.1, 0.15) is 0 Å². The molecule has 0 saturated heterocycles. The highest BCUT2D eigenvalue weighted by molar-refractivity contribution is 6.12. The Bertz CT molecular complexity index is 347. The number of allylic oxidation sites excluding steroid dienone is 2. The molecule has 0 aliphatic heterocycles. The van der Waals surface area contributed by atoms with Gasteiger partial charge in [0.2, 0.25) is 0 Å². The SMILES string of the molecule is [B]C1CCC2C(=O)/C(=C\C)C3CCCC1C23. The molecule has 16 heavy (non-hydrogen) atoms. The lowest BCUT2D eigenvalue weighted by Crippen LogP contribution is -2.36. The van der Waals surface area contributed by atoms with Gasteiger partial charge in [-0.05, 0) is 43.1 Å². The van der Waals surface area contributed by atoms with Crippen LogP contribution in [-0.4, -0.2) is 13.6 Å². The van der Waals surface area contributed by atoms with Gasteiger partial charge in [0.25, 0.3) is 0 Å². The number of Topliss-reactive ketones (excluding diaryl/α,β-unsaturated/α-hetero) is 1. The highest BCUT2D eigenvalue weighted by atomic mass is 16.1. The number of hydrogen-bond donors (Lipinski definition) is 0. The quantitative estimate of drug-likeness (QED) is 0.447. The summed E-state index contributed by atoms with van der Waals surface area (Å²) in [5.74, 6) is 2.90. The molecule has 84 valence electrons. The third-order valence-corrected chi connectivity index (χ3v) is 5.17. The Kier molecular flexibility index (Phi) is 2.49. The van der Waals surface area contributed by atoms with E-state index in [1.807, 2.05) is 6.92 Å². The van der Waals surface area contributed by atoms with Crippen LogP contribution in [0.5, 0.6) is 0 Å². The molecule has 0 amide bonds. The van der Waals surface area contributed by atoms with Crippen LogP contribution in [0.3, 0.4) is 0 Å². The predicted octanol–water partition coefficient (Wildman–Crippen LogP) is 2.91. The minimum Gasteiger partial charge on any atom is -0.294 e. The molecular formula is C14H19BO. The van der Waals surface area contributed by atoms with E-state index in [0.717, 1.165) is 18.4 Å². The second-order valence-corrected chi connectivity index (χ2v) is 5.73. The Balaban J connectivity index is 2.00. The molecule has 0 spiro atoms. The molecule has 3 fully saturated rings. The summed E-state index contributed by atoms with van der Waals surface area (Å²) in [4.78, 5) is 12.3. The van der Waals surface area contributed by atoms with Gasteiger partial charge in [-0.15, -0.1) is 0 Å². The van der Waals surface area contributed by atoms with Gasteiger partial charge in [-0.2, -0.15) is 0 Å². The molecule has 3 aliphatic rings. The first kappa shape index (κ1) is 10.6. The number of rotatable bonds is 0. The monoisotopic (exact) mass is 214 g/mol. The highest BCUT2D eigenvalue weighted by Crippen LogP contribution is 2.57. The van der Waals surface area contributed by atoms with Crippen LogP contribution in [0.2, 0.25) is 5.82 Å². The van der Waals surface area contributed by atoms with Crippen LogP contribution in [0.25, 0.3) is 0 Å². The third-order valence-electron chi connectivity index (χ3n) is 5.17. The minimum absolute atomic E-state index is 0.321. The minimum atomic E-state index is 0.321. The zero-order valence-corrected chi connectivity index (χ0v) is 9.99. The van der Waals surface area contributed by atoms with Crippen molar-refractivity contribution in [3.05, 3.63) is 11.6 Å². The molecule has 5 atom stereocenters. The van der Waals surface area contributed by atoms with Crippen molar-refractivity contribution >= 4 is 13.6 Å². The molecule has 0 aromatic carbocycles. The Morgan fingerprint density at radius 2 is 2.00 bits per heavy atom. The first-order chi connectivity index (χ1) is 7.74. The van der Waals surface area contributed by atoms with Crippen molar-refractivity contribution in [3.63, 3.8) is 0 Å². The fraction of sp³-hybridized carbons (Fsp3) is 0.786. The molecule has 0 bridgehead atoms. The fourth-order valence-electron chi connectivity index (χ4n) is 4.54. The first-order valence-electron chi connectivity index (χ1n) is 6.70. The summed E-state index contributed by atoms with van der Waals surface area (Å²) in [5.41, 5.74) is 1.13. The highest BCUT2D eigenvalue weighted by Gasteiger charge is 2.52. The van der Waals surface area contributed by atoms with Gasteiger partial charge in [-0.25, -0.2) is 0 Å². The van der Waals surface area contributed by atoms with E-state index in [2.05, 4.69) is 6.08 Å². The van der Waals surface area contributed by atoms with E-state index in [0.29, 0.717) is 35.3 Å². The molecule has 3 saturated carbocycles. The molecule has 0 N–H and O–H groups in total. The number of carbonyl (C=O) groups excluding carboxylic acids is 1. The van der Waals surface area contributed by atoms with Crippen LogP contribution in [0.15, 0.2) is 11.6 Å². The maximum Gasteiger partial charge on any atom is 0.162 e. The Morgan fingerprint density at radius 1 is 1.19 bits per heavy atom. The summed E-state index contributed by atoms with van der Waals surface area (Å²) in [6, 6.07) is 0. The maximum atomic E-state index is 12.3. The summed E-state index contributed by atoms with van der Waals surface area (Å²) in [5, 5.41) is 0. The van der Waals surface area contributed by atoms with E-state index >= 15 is 0 Å². The van der Waals surface area contributed by atoms with Crippen LogP contribution >= 0.6 is 0 Å². The standard InChI is InChI=1S/C14H19BO/c1-2-8-9-4-3-5-10-12(15)7-6-11(13(9)10)14(8)16/h2,9-13H,3-7H2,1H3/b8-2-. The van der Waals surface area contributed by atoms with E-state index in [1.165, 1.54) is 19.3 Å². The number of ketones is 1. The van der Waals surface area contributed by atoms with E-state index in [4.69, 9.17) is 7.85 Å². The Morgan fingerprint density at radius 3 is 2.75 bits per heavy atom. The van der Waals surface area contributed by atoms with Crippen molar-refractivity contribution < 1.29 is 4.79 Å². The second-order valence-electron chi connectivity index (χ2n) is 5.73. The zero-order valence-electron chi connectivity index (χ0n) is 9.99. The van der Waals surface area contributed by atoms with Crippen LogP contribution in [0.1, 0.15) is 39.0 Å². The first-order valence-corrected chi connectivity index (χ1v) is 6.70. The van der Waals surface area contributed by atoms with E-state index < -0.39 is 0 Å². The molecule has 0 aromatic heterocycles. The van der Waals surface area contributed by atoms with Gasteiger partial charge in [-0.1, -0.05) is 31.2 Å². The van der Waals surface area contributed by atoms with Crippen molar-refractivity contribution in [2.24, 2.45) is 23.7 Å². The van der Waals surface area contributed by atoms with Gasteiger partial charge in [-0.3, -0.25) is 4.79 Å². The lowest BCUT2D eigenvalue weighted by Gasteiger charge is -2.44. The molecule has 3 aliphatic carbocycles. The van der Waals surface area contributed by atoms with Crippen LogP contribution in [-0.2, 0) is 4.79 Å². The van der Waals surface area contributed by atoms with Gasteiger partial charge >= 0.3 is 0 Å². The molecule has 0 aromatic rings. The Hall–Kier alpha value is -0.525. The lowest BCUT2D eigenvalue weighted by atomic mass is 9.55. The van der Waals surface area contributed by atoms with Crippen molar-refractivity contribution in [1.82, 2.24) is 0 Å². The normalized spacial score (nSPS) is 49.4. The fourth-order valence-corrected chi connectivity index (χ4v) is 4.54. The van der Waals surface area contributed by atoms with Crippen LogP contribution in [0.4, 0.5) is 0 Å². The van der Waals surface area contributed by atoms with Crippen molar-refractivity contribution in [1.29, 1.82) is 0 Å². The summed E-state index contributed by atoms with van der Waals surface area (Å²) in [7, 11) is 6.24. The van der Waals surface area contributed by atoms with E-state index in [9.17, 15) is 4.79 Å². The van der Waals surface area contributed by atoms with Crippen molar-refractivity contribution in [2.45, 2.75) is 44.8 Å². The number of hydrogen-bond acceptors (Lipinski definition) is 1. The largest absolute Gasteiger partial charge is 0.294 e. The van der Waals surface area contributed by atoms with Gasteiger partial charge < -0.3 is 0 Å². The average molecular weight is 214 g/mol. The summed E-state index contributed by atoms with van der Waals surface area (Å²) < 4.78 is 0. The van der Waals surface area contributed by atoms with Crippen molar-refractivity contribution in [3.8, 4) is 0 Å². The molecule has 0 heterocycles. The zero-order chi connectivity index (χ0) is 11.3. The average Bonchev–Trinajstić information content (AvgIpc) is 2.57. The number of carbonyl (C=O) groups is 1. The molecule has 3 rings (SSSR count). The topological polar surface area (TPSA) is 17.1 Å². The molecule has 1 nitrogen and oxygen atoms in total. The third kappa shape index (κ3) is 1.28. The van der Waals surface area contributed by atoms with E-state index in [1.54, 1.807) is 0 Å². The maximum absolute atomic E-state index is 12.3. The van der Waals surface area contributed by atoms with Gasteiger partial charge in [0.05, 0.1) is 7.85 Å². The lowest BCUT2D eigenvalue weighted by molar-refractivity contribution is -0.120. The molecular weight excluding hydrogens is 195 g/mol. The molecule has 2 heteroatoms.